The molecule has 0 aliphatic rings. The van der Waals surface area contributed by atoms with Gasteiger partial charge in [-0.05, 0) is 109 Å². The molecule has 272 valence electrons. The molecule has 0 unspecified atom stereocenters. The second-order valence-corrected chi connectivity index (χ2v) is 14.9. The van der Waals surface area contributed by atoms with Crippen LogP contribution < -0.4 is 4.90 Å². The molecule has 0 radical (unpaired) electrons. The first-order valence-corrected chi connectivity index (χ1v) is 19.8. The van der Waals surface area contributed by atoms with Crippen LogP contribution in [0.5, 0.6) is 0 Å². The molecule has 2 heteroatoms. The van der Waals surface area contributed by atoms with Crippen molar-refractivity contribution in [1.82, 2.24) is 0 Å². The van der Waals surface area contributed by atoms with Gasteiger partial charge in [-0.25, -0.2) is 0 Å². The number of rotatable bonds is 7. The standard InChI is InChI=1S/C56H37NO/c1-3-23-48-38(13-1)15-10-26-50(48)43-19-7-17-41(35-43)42-18-8-21-46(36-42)57(47-22-9-20-44(37-47)51-27-11-16-39-14-2-4-24-49(39)51)45-33-31-40(32-34-45)52-28-12-29-54-53-25-5-6-30-55(53)58-56(52)54/h1-37H. The van der Waals surface area contributed by atoms with Crippen LogP contribution in [0.15, 0.2) is 229 Å². The van der Waals surface area contributed by atoms with Gasteiger partial charge in [0.15, 0.2) is 0 Å². The first kappa shape index (κ1) is 33.6. The van der Waals surface area contributed by atoms with Crippen molar-refractivity contribution in [3.63, 3.8) is 0 Å². The van der Waals surface area contributed by atoms with Crippen LogP contribution in [0, 0.1) is 0 Å². The first-order valence-electron chi connectivity index (χ1n) is 19.8. The molecule has 0 spiro atoms. The van der Waals surface area contributed by atoms with Crippen molar-refractivity contribution >= 4 is 60.5 Å². The van der Waals surface area contributed by atoms with Crippen molar-refractivity contribution in [2.45, 2.75) is 0 Å². The number of furan rings is 1. The SMILES string of the molecule is c1cc(-c2cccc(N(c3ccc(-c4cccc5c4oc4ccccc45)cc3)c3cccc(-c4cccc5ccccc45)c3)c2)cc(-c2cccc3ccccc23)c1. The van der Waals surface area contributed by atoms with Gasteiger partial charge in [-0.1, -0.05) is 176 Å². The molecule has 0 bridgehead atoms. The molecule has 0 saturated heterocycles. The van der Waals surface area contributed by atoms with Crippen LogP contribution in [0.4, 0.5) is 17.1 Å². The van der Waals surface area contributed by atoms with Crippen LogP contribution in [-0.4, -0.2) is 0 Å². The van der Waals surface area contributed by atoms with Gasteiger partial charge in [0.05, 0.1) is 0 Å². The molecule has 1 heterocycles. The van der Waals surface area contributed by atoms with Gasteiger partial charge in [-0.2, -0.15) is 0 Å². The monoisotopic (exact) mass is 739 g/mol. The zero-order chi connectivity index (χ0) is 38.4. The maximum atomic E-state index is 6.44. The molecule has 0 aliphatic heterocycles. The quantitative estimate of drug-likeness (QED) is 0.162. The van der Waals surface area contributed by atoms with E-state index in [9.17, 15) is 0 Å². The van der Waals surface area contributed by atoms with E-state index < -0.39 is 0 Å². The lowest BCUT2D eigenvalue weighted by atomic mass is 9.95. The third kappa shape index (κ3) is 5.91. The van der Waals surface area contributed by atoms with Crippen LogP contribution in [0.2, 0.25) is 0 Å². The van der Waals surface area contributed by atoms with Crippen molar-refractivity contribution in [2.75, 3.05) is 4.90 Å². The average Bonchev–Trinajstić information content (AvgIpc) is 3.68. The maximum Gasteiger partial charge on any atom is 0.143 e. The predicted octanol–water partition coefficient (Wildman–Crippen LogP) is 16.0. The fraction of sp³-hybridized carbons (Fsp3) is 0. The van der Waals surface area contributed by atoms with Crippen molar-refractivity contribution in [3.05, 3.63) is 224 Å². The number of anilines is 3. The smallest absolute Gasteiger partial charge is 0.143 e. The molecule has 0 amide bonds. The van der Waals surface area contributed by atoms with Gasteiger partial charge in [0.2, 0.25) is 0 Å². The minimum absolute atomic E-state index is 0.904. The molecular formula is C56H37NO. The fourth-order valence-corrected chi connectivity index (χ4v) is 8.67. The van der Waals surface area contributed by atoms with Crippen molar-refractivity contribution in [1.29, 1.82) is 0 Å². The number of benzene rings is 10. The number of hydrogen-bond acceptors (Lipinski definition) is 2. The molecule has 11 aromatic rings. The summed E-state index contributed by atoms with van der Waals surface area (Å²) in [6.45, 7) is 0. The van der Waals surface area contributed by atoms with Crippen molar-refractivity contribution in [2.24, 2.45) is 0 Å². The van der Waals surface area contributed by atoms with Gasteiger partial charge >= 0.3 is 0 Å². The minimum atomic E-state index is 0.904. The van der Waals surface area contributed by atoms with Crippen LogP contribution in [0.3, 0.4) is 0 Å². The summed E-state index contributed by atoms with van der Waals surface area (Å²) < 4.78 is 6.44. The summed E-state index contributed by atoms with van der Waals surface area (Å²) in [5.74, 6) is 0. The normalized spacial score (nSPS) is 11.4. The summed E-state index contributed by atoms with van der Waals surface area (Å²) in [7, 11) is 0. The molecule has 0 atom stereocenters. The summed E-state index contributed by atoms with van der Waals surface area (Å²) in [4.78, 5) is 2.37. The Bertz CT molecular complexity index is 3290. The summed E-state index contributed by atoms with van der Waals surface area (Å²) in [6, 6.07) is 80.7. The van der Waals surface area contributed by atoms with E-state index in [1.807, 2.05) is 12.1 Å². The maximum absolute atomic E-state index is 6.44. The second kappa shape index (κ2) is 14.1. The summed E-state index contributed by atoms with van der Waals surface area (Å²) in [5, 5.41) is 7.24. The van der Waals surface area contributed by atoms with E-state index in [2.05, 4.69) is 217 Å². The third-order valence-electron chi connectivity index (χ3n) is 11.4. The Kier molecular flexibility index (Phi) is 8.19. The lowest BCUT2D eigenvalue weighted by Crippen LogP contribution is -2.10. The molecule has 1 aromatic heterocycles. The number of nitrogens with zero attached hydrogens (tertiary/aromatic N) is 1. The molecule has 0 N–H and O–H groups in total. The van der Waals surface area contributed by atoms with E-state index >= 15 is 0 Å². The zero-order valence-corrected chi connectivity index (χ0v) is 31.7. The van der Waals surface area contributed by atoms with Gasteiger partial charge in [0.25, 0.3) is 0 Å². The Hall–Kier alpha value is -7.68. The van der Waals surface area contributed by atoms with E-state index in [0.29, 0.717) is 0 Å². The molecule has 11 rings (SSSR count). The van der Waals surface area contributed by atoms with Gasteiger partial charge < -0.3 is 9.32 Å². The molecule has 10 aromatic carbocycles. The Labute approximate surface area is 337 Å². The minimum Gasteiger partial charge on any atom is -0.455 e. The Balaban J connectivity index is 1.04. The summed E-state index contributed by atoms with van der Waals surface area (Å²) >= 11 is 0. The topological polar surface area (TPSA) is 16.4 Å². The summed E-state index contributed by atoms with van der Waals surface area (Å²) in [6.07, 6.45) is 0. The fourth-order valence-electron chi connectivity index (χ4n) is 8.67. The Morgan fingerprint density at radius 1 is 0.276 bits per heavy atom. The van der Waals surface area contributed by atoms with Crippen LogP contribution in [0.25, 0.3) is 88.0 Å². The van der Waals surface area contributed by atoms with E-state index in [4.69, 9.17) is 4.42 Å². The molecular weight excluding hydrogens is 703 g/mol. The lowest BCUT2D eigenvalue weighted by molar-refractivity contribution is 0.670. The lowest BCUT2D eigenvalue weighted by Gasteiger charge is -2.27. The third-order valence-corrected chi connectivity index (χ3v) is 11.4. The number of fused-ring (bicyclic) bond motifs is 5. The predicted molar refractivity (Wildman–Crippen MR) is 245 cm³/mol. The molecule has 0 aliphatic carbocycles. The van der Waals surface area contributed by atoms with Gasteiger partial charge in [-0.15, -0.1) is 0 Å². The van der Waals surface area contributed by atoms with Gasteiger partial charge in [-0.3, -0.25) is 0 Å². The number of hydrogen-bond donors (Lipinski definition) is 0. The highest BCUT2D eigenvalue weighted by molar-refractivity contribution is 6.09. The molecule has 0 saturated carbocycles. The van der Waals surface area contributed by atoms with Crippen LogP contribution in [-0.2, 0) is 0 Å². The van der Waals surface area contributed by atoms with Gasteiger partial charge in [0.1, 0.15) is 11.2 Å². The van der Waals surface area contributed by atoms with Crippen LogP contribution in [0.1, 0.15) is 0 Å². The highest BCUT2D eigenvalue weighted by Gasteiger charge is 2.17. The average molecular weight is 740 g/mol. The molecule has 58 heavy (non-hydrogen) atoms. The largest absolute Gasteiger partial charge is 0.455 e. The van der Waals surface area contributed by atoms with E-state index in [0.717, 1.165) is 55.7 Å². The Morgan fingerprint density at radius 3 is 1.43 bits per heavy atom. The van der Waals surface area contributed by atoms with Gasteiger partial charge in [0, 0.05) is 33.4 Å². The number of para-hydroxylation sites is 2. The second-order valence-electron chi connectivity index (χ2n) is 14.9. The van der Waals surface area contributed by atoms with Crippen molar-refractivity contribution in [3.8, 4) is 44.5 Å². The Morgan fingerprint density at radius 2 is 0.741 bits per heavy atom. The van der Waals surface area contributed by atoms with E-state index in [1.54, 1.807) is 0 Å². The zero-order valence-electron chi connectivity index (χ0n) is 31.7. The van der Waals surface area contributed by atoms with E-state index in [-0.39, 0.29) is 0 Å². The van der Waals surface area contributed by atoms with Crippen LogP contribution >= 0.6 is 0 Å². The first-order chi connectivity index (χ1) is 28.7. The van der Waals surface area contributed by atoms with Crippen molar-refractivity contribution < 1.29 is 4.42 Å². The summed E-state index contributed by atoms with van der Waals surface area (Å²) in [5.41, 5.74) is 14.4. The molecule has 0 fully saturated rings. The highest BCUT2D eigenvalue weighted by atomic mass is 16.3. The highest BCUT2D eigenvalue weighted by Crippen LogP contribution is 2.42. The molecule has 2 nitrogen and oxygen atoms in total. The van der Waals surface area contributed by atoms with E-state index in [1.165, 1.54) is 49.4 Å².